The predicted molar refractivity (Wildman–Crippen MR) is 162 cm³/mol. The molecule has 0 aromatic heterocycles. The Morgan fingerprint density at radius 2 is 1.48 bits per heavy atom. The van der Waals surface area contributed by atoms with Gasteiger partial charge in [-0.05, 0) is 50.6 Å². The number of amides is 6. The quantitative estimate of drug-likeness (QED) is 0.229. The van der Waals surface area contributed by atoms with Crippen molar-refractivity contribution in [3.8, 4) is 0 Å². The van der Waals surface area contributed by atoms with E-state index in [9.17, 15) is 28.8 Å². The Morgan fingerprint density at radius 3 is 1.90 bits per heavy atom. The van der Waals surface area contributed by atoms with E-state index in [1.54, 1.807) is 34.9 Å². The summed E-state index contributed by atoms with van der Waals surface area (Å²) in [7, 11) is 6.88. The van der Waals surface area contributed by atoms with E-state index in [4.69, 9.17) is 5.73 Å². The molecule has 0 aromatic rings. The molecule has 2 unspecified atom stereocenters. The third-order valence-corrected chi connectivity index (χ3v) is 6.27. The summed E-state index contributed by atoms with van der Waals surface area (Å²) in [5.41, 5.74) is 4.46. The summed E-state index contributed by atoms with van der Waals surface area (Å²) in [6, 6.07) is -3.50. The lowest BCUT2D eigenvalue weighted by Crippen LogP contribution is -2.60. The van der Waals surface area contributed by atoms with E-state index in [0.29, 0.717) is 25.8 Å². The molecule has 1 saturated carbocycles. The molecule has 13 heteroatoms. The van der Waals surface area contributed by atoms with Gasteiger partial charge < -0.3 is 36.8 Å². The average molecular weight is 598 g/mol. The van der Waals surface area contributed by atoms with Crippen LogP contribution in [-0.2, 0) is 24.0 Å². The molecule has 1 aliphatic carbocycles. The van der Waals surface area contributed by atoms with Crippen LogP contribution in [0, 0.1) is 17.3 Å². The highest BCUT2D eigenvalue weighted by Gasteiger charge is 2.43. The number of primary amides is 1. The number of hydrogen-bond donors (Lipinski definition) is 5. The Hall–Kier alpha value is -3.22. The monoisotopic (exact) mass is 597 g/mol. The van der Waals surface area contributed by atoms with Crippen LogP contribution in [0.15, 0.2) is 0 Å². The molecule has 2 fully saturated rings. The number of nitrogens with two attached hydrogens (primary N) is 1. The van der Waals surface area contributed by atoms with Crippen LogP contribution in [-0.4, -0.2) is 105 Å². The van der Waals surface area contributed by atoms with Crippen molar-refractivity contribution in [2.24, 2.45) is 23.0 Å². The van der Waals surface area contributed by atoms with Gasteiger partial charge in [0.2, 0.25) is 23.5 Å². The number of nitrogens with one attached hydrogen (secondary N) is 4. The molecule has 1 aliphatic heterocycles. The molecule has 1 heterocycles. The lowest BCUT2D eigenvalue weighted by Gasteiger charge is -2.35. The lowest BCUT2D eigenvalue weighted by atomic mass is 9.85. The smallest absolute Gasteiger partial charge is 0.315 e. The van der Waals surface area contributed by atoms with Crippen molar-refractivity contribution in [1.82, 2.24) is 31.1 Å². The molecule has 0 spiro atoms. The van der Waals surface area contributed by atoms with Crippen molar-refractivity contribution < 1.29 is 28.8 Å². The molecular formula is C29H55N7O6. The number of nitrogens with zero attached hydrogens (tertiary/aromatic N) is 2. The van der Waals surface area contributed by atoms with E-state index in [1.165, 1.54) is 9.80 Å². The molecule has 13 nitrogen and oxygen atoms in total. The van der Waals surface area contributed by atoms with Crippen molar-refractivity contribution in [1.29, 1.82) is 0 Å². The summed E-state index contributed by atoms with van der Waals surface area (Å²) < 4.78 is 0. The van der Waals surface area contributed by atoms with Crippen molar-refractivity contribution in [3.63, 3.8) is 0 Å². The zero-order chi connectivity index (χ0) is 32.8. The first-order valence-electron chi connectivity index (χ1n) is 14.6. The van der Waals surface area contributed by atoms with Crippen molar-refractivity contribution in [2.45, 2.75) is 91.8 Å². The van der Waals surface area contributed by atoms with Crippen LogP contribution in [0.2, 0.25) is 0 Å². The van der Waals surface area contributed by atoms with E-state index in [0.717, 1.165) is 18.8 Å². The van der Waals surface area contributed by atoms with Gasteiger partial charge in [0.25, 0.3) is 5.91 Å². The van der Waals surface area contributed by atoms with Gasteiger partial charge in [-0.2, -0.15) is 0 Å². The number of carbonyl (C=O) groups excluding carboxylic acids is 6. The molecule has 0 aromatic carbocycles. The molecular weight excluding hydrogens is 542 g/mol. The van der Waals surface area contributed by atoms with Crippen LogP contribution in [0.4, 0.5) is 4.79 Å². The first-order valence-corrected chi connectivity index (χ1v) is 14.6. The molecule has 42 heavy (non-hydrogen) atoms. The van der Waals surface area contributed by atoms with Gasteiger partial charge in [-0.15, -0.1) is 0 Å². The topological polar surface area (TPSA) is 183 Å². The van der Waals surface area contributed by atoms with Crippen LogP contribution in [0.25, 0.3) is 0 Å². The Morgan fingerprint density at radius 1 is 0.952 bits per heavy atom. The predicted octanol–water partition coefficient (Wildman–Crippen LogP) is 0.617. The SMILES string of the molecule is CC(C)C.CN(C)C(=O)CNC(=O)NC(C(=O)N1CCC[C@H]1C(=O)NC(CC1CC1)C(=O)C(N)=O)C(C)(C)C.CNC. The van der Waals surface area contributed by atoms with E-state index in [1.807, 2.05) is 14.1 Å². The van der Waals surface area contributed by atoms with Crippen molar-refractivity contribution >= 4 is 35.4 Å². The second-order valence-corrected chi connectivity index (χ2v) is 12.8. The fraction of sp³-hybridized carbons (Fsp3) is 0.793. The summed E-state index contributed by atoms with van der Waals surface area (Å²) in [5.74, 6) is -2.13. The number of carbonyl (C=O) groups is 6. The maximum atomic E-state index is 13.5. The first kappa shape index (κ1) is 38.8. The van der Waals surface area contributed by atoms with E-state index < -0.39 is 53.1 Å². The summed E-state index contributed by atoms with van der Waals surface area (Å²) in [4.78, 5) is 77.2. The summed E-state index contributed by atoms with van der Waals surface area (Å²) in [6.07, 6.45) is 3.15. The first-order chi connectivity index (χ1) is 19.4. The Kier molecular flexibility index (Phi) is 16.9. The number of likely N-dealkylation sites (N-methyl/N-ethyl adjacent to an activating group) is 1. The van der Waals surface area contributed by atoms with Gasteiger partial charge in [0, 0.05) is 20.6 Å². The van der Waals surface area contributed by atoms with Gasteiger partial charge in [-0.25, -0.2) is 4.79 Å². The van der Waals surface area contributed by atoms with E-state index in [-0.39, 0.29) is 18.4 Å². The normalized spacial score (nSPS) is 17.4. The minimum absolute atomic E-state index is 0.227. The zero-order valence-corrected chi connectivity index (χ0v) is 27.3. The lowest BCUT2D eigenvalue weighted by molar-refractivity contribution is -0.143. The largest absolute Gasteiger partial charge is 0.363 e. The summed E-state index contributed by atoms with van der Waals surface area (Å²) >= 11 is 0. The number of rotatable bonds is 10. The Bertz CT molecular complexity index is 925. The maximum Gasteiger partial charge on any atom is 0.315 e. The van der Waals surface area contributed by atoms with Gasteiger partial charge in [0.1, 0.15) is 12.1 Å². The highest BCUT2D eigenvalue weighted by atomic mass is 16.2. The third kappa shape index (κ3) is 14.6. The number of hydrogen-bond acceptors (Lipinski definition) is 7. The van der Waals surface area contributed by atoms with Crippen LogP contribution < -0.4 is 27.0 Å². The number of likely N-dealkylation sites (tertiary alicyclic amines) is 1. The molecule has 3 atom stereocenters. The van der Waals surface area contributed by atoms with Gasteiger partial charge in [-0.1, -0.05) is 54.4 Å². The van der Waals surface area contributed by atoms with Gasteiger partial charge in [0.05, 0.1) is 12.6 Å². The second kappa shape index (κ2) is 18.3. The standard InChI is InChI=1S/C23H38N6O6.C4H10.C2H7N/c1-23(2,3)18(27-22(35)25-12-16(30)28(4)5)21(34)29-10-6-7-15(29)20(33)26-14(11-13-8-9-13)17(31)19(24)32;1-4(2)3;1-3-2/h13-15,18H,6-12H2,1-5H3,(H2,24,32)(H,26,33)(H2,25,27,35);4H,1-3H3;3H,1-2H3/t14?,15-,18?;;/m0../s1. The van der Waals surface area contributed by atoms with Gasteiger partial charge >= 0.3 is 6.03 Å². The van der Waals surface area contributed by atoms with Crippen molar-refractivity contribution in [2.75, 3.05) is 41.3 Å². The average Bonchev–Trinajstić information content (AvgIpc) is 3.54. The van der Waals surface area contributed by atoms with Crippen molar-refractivity contribution in [3.05, 3.63) is 0 Å². The van der Waals surface area contributed by atoms with E-state index >= 15 is 0 Å². The van der Waals surface area contributed by atoms with Crippen LogP contribution in [0.3, 0.4) is 0 Å². The summed E-state index contributed by atoms with van der Waals surface area (Å²) in [6.45, 7) is 11.9. The number of ketones is 1. The second-order valence-electron chi connectivity index (χ2n) is 12.8. The zero-order valence-electron chi connectivity index (χ0n) is 27.3. The van der Waals surface area contributed by atoms with E-state index in [2.05, 4.69) is 42.0 Å². The van der Waals surface area contributed by atoms with Crippen LogP contribution in [0.5, 0.6) is 0 Å². The molecule has 6 amide bonds. The maximum absolute atomic E-state index is 13.5. The molecule has 0 bridgehead atoms. The fourth-order valence-electron chi connectivity index (χ4n) is 3.97. The molecule has 0 radical (unpaired) electrons. The van der Waals surface area contributed by atoms with Crippen LogP contribution in [0.1, 0.15) is 73.6 Å². The van der Waals surface area contributed by atoms with Crippen LogP contribution >= 0.6 is 0 Å². The highest BCUT2D eigenvalue weighted by Crippen LogP contribution is 2.34. The fourth-order valence-corrected chi connectivity index (χ4v) is 3.97. The Labute approximate surface area is 251 Å². The third-order valence-electron chi connectivity index (χ3n) is 6.27. The Balaban J connectivity index is 0.00000216. The van der Waals surface area contributed by atoms with Gasteiger partial charge in [-0.3, -0.25) is 24.0 Å². The molecule has 6 N–H and O–H groups in total. The number of urea groups is 1. The summed E-state index contributed by atoms with van der Waals surface area (Å²) in [5, 5.41) is 10.5. The molecule has 2 aliphatic rings. The molecule has 1 saturated heterocycles. The van der Waals surface area contributed by atoms with Gasteiger partial charge in [0.15, 0.2) is 0 Å². The minimum atomic E-state index is -1.11. The molecule has 242 valence electrons. The molecule has 2 rings (SSSR count). The minimum Gasteiger partial charge on any atom is -0.363 e. The number of Topliss-reactive ketones (excluding diaryl/α,β-unsaturated/α-hetero) is 1. The highest BCUT2D eigenvalue weighted by molar-refractivity contribution is 6.37.